The van der Waals surface area contributed by atoms with E-state index in [0.717, 1.165) is 11.6 Å². The number of carbonyl (C=O) groups is 1. The number of amides is 2. The van der Waals surface area contributed by atoms with Crippen molar-refractivity contribution >= 4 is 23.3 Å². The third-order valence-electron chi connectivity index (χ3n) is 3.43. The lowest BCUT2D eigenvalue weighted by atomic mass is 10.1. The standard InChI is InChI=1S/C17H18ClFN2O3/c1-10(11-4-7-15(23-2)16(8-11)24-3)20-17(22)21-14-6-5-12(18)9-13(14)19/h4-10H,1-3H3,(H2,20,21,22). The van der Waals surface area contributed by atoms with E-state index in [-0.39, 0.29) is 16.8 Å². The van der Waals surface area contributed by atoms with Gasteiger partial charge in [0.25, 0.3) is 0 Å². The van der Waals surface area contributed by atoms with Crippen molar-refractivity contribution in [3.63, 3.8) is 0 Å². The SMILES string of the molecule is COc1ccc(C(C)NC(=O)Nc2ccc(Cl)cc2F)cc1OC. The first-order chi connectivity index (χ1) is 11.4. The number of rotatable bonds is 5. The number of hydrogen-bond acceptors (Lipinski definition) is 3. The van der Waals surface area contributed by atoms with Gasteiger partial charge in [0, 0.05) is 5.02 Å². The van der Waals surface area contributed by atoms with Crippen LogP contribution in [-0.2, 0) is 0 Å². The van der Waals surface area contributed by atoms with Crippen LogP contribution in [0.1, 0.15) is 18.5 Å². The molecule has 2 N–H and O–H groups in total. The molecule has 0 aliphatic rings. The maximum Gasteiger partial charge on any atom is 0.319 e. The lowest BCUT2D eigenvalue weighted by Gasteiger charge is -2.17. The second kappa shape index (κ2) is 7.88. The average Bonchev–Trinajstić information content (AvgIpc) is 2.56. The van der Waals surface area contributed by atoms with E-state index in [1.165, 1.54) is 19.2 Å². The summed E-state index contributed by atoms with van der Waals surface area (Å²) in [5.74, 6) is 0.561. The van der Waals surface area contributed by atoms with Gasteiger partial charge in [0.05, 0.1) is 25.9 Å². The fourth-order valence-electron chi connectivity index (χ4n) is 2.15. The number of ether oxygens (including phenoxy) is 2. The van der Waals surface area contributed by atoms with Crippen LogP contribution in [0.5, 0.6) is 11.5 Å². The van der Waals surface area contributed by atoms with E-state index < -0.39 is 11.8 Å². The van der Waals surface area contributed by atoms with Crippen molar-refractivity contribution < 1.29 is 18.7 Å². The van der Waals surface area contributed by atoms with Gasteiger partial charge in [-0.2, -0.15) is 0 Å². The molecule has 0 spiro atoms. The fourth-order valence-corrected chi connectivity index (χ4v) is 2.31. The molecule has 2 aromatic rings. The molecule has 0 heterocycles. The number of carbonyl (C=O) groups excluding carboxylic acids is 1. The second-order valence-electron chi connectivity index (χ2n) is 5.06. The summed E-state index contributed by atoms with van der Waals surface area (Å²) in [6.45, 7) is 1.80. The van der Waals surface area contributed by atoms with E-state index in [1.54, 1.807) is 26.2 Å². The van der Waals surface area contributed by atoms with Crippen LogP contribution in [0.3, 0.4) is 0 Å². The minimum atomic E-state index is -0.601. The quantitative estimate of drug-likeness (QED) is 0.839. The molecule has 128 valence electrons. The van der Waals surface area contributed by atoms with Crippen LogP contribution >= 0.6 is 11.6 Å². The smallest absolute Gasteiger partial charge is 0.319 e. The van der Waals surface area contributed by atoms with E-state index in [9.17, 15) is 9.18 Å². The van der Waals surface area contributed by atoms with Crippen LogP contribution in [0.15, 0.2) is 36.4 Å². The molecule has 0 bridgehead atoms. The molecule has 0 aliphatic heterocycles. The highest BCUT2D eigenvalue weighted by Gasteiger charge is 2.14. The topological polar surface area (TPSA) is 59.6 Å². The summed E-state index contributed by atoms with van der Waals surface area (Å²) in [4.78, 5) is 12.0. The second-order valence-corrected chi connectivity index (χ2v) is 5.50. The highest BCUT2D eigenvalue weighted by molar-refractivity contribution is 6.30. The number of benzene rings is 2. The summed E-state index contributed by atoms with van der Waals surface area (Å²) >= 11 is 5.68. The molecule has 7 heteroatoms. The van der Waals surface area contributed by atoms with Crippen molar-refractivity contribution in [2.45, 2.75) is 13.0 Å². The van der Waals surface area contributed by atoms with E-state index in [2.05, 4.69) is 10.6 Å². The predicted molar refractivity (Wildman–Crippen MR) is 91.5 cm³/mol. The Kier molecular flexibility index (Phi) is 5.87. The zero-order chi connectivity index (χ0) is 17.7. The minimum absolute atomic E-state index is 0.0522. The Hall–Kier alpha value is -2.47. The van der Waals surface area contributed by atoms with Crippen LogP contribution < -0.4 is 20.1 Å². The van der Waals surface area contributed by atoms with Crippen LogP contribution in [0.4, 0.5) is 14.9 Å². The molecule has 0 saturated carbocycles. The molecule has 1 unspecified atom stereocenters. The van der Waals surface area contributed by atoms with Crippen molar-refractivity contribution in [3.8, 4) is 11.5 Å². The highest BCUT2D eigenvalue weighted by atomic mass is 35.5. The first-order valence-electron chi connectivity index (χ1n) is 7.19. The molecule has 0 fully saturated rings. The van der Waals surface area contributed by atoms with Crippen molar-refractivity contribution in [1.29, 1.82) is 0 Å². The van der Waals surface area contributed by atoms with Gasteiger partial charge in [0.1, 0.15) is 5.82 Å². The van der Waals surface area contributed by atoms with Crippen molar-refractivity contribution in [2.75, 3.05) is 19.5 Å². The fraction of sp³-hybridized carbons (Fsp3) is 0.235. The van der Waals surface area contributed by atoms with E-state index in [0.29, 0.717) is 11.5 Å². The van der Waals surface area contributed by atoms with Gasteiger partial charge in [-0.1, -0.05) is 17.7 Å². The maximum atomic E-state index is 13.7. The first-order valence-corrected chi connectivity index (χ1v) is 7.57. The van der Waals surface area contributed by atoms with Crippen molar-refractivity contribution in [3.05, 3.63) is 52.8 Å². The molecule has 0 aliphatic carbocycles. The van der Waals surface area contributed by atoms with Crippen LogP contribution in [-0.4, -0.2) is 20.3 Å². The molecule has 24 heavy (non-hydrogen) atoms. The molecule has 0 aromatic heterocycles. The van der Waals surface area contributed by atoms with Gasteiger partial charge in [0.15, 0.2) is 11.5 Å². The largest absolute Gasteiger partial charge is 0.493 e. The number of anilines is 1. The highest BCUT2D eigenvalue weighted by Crippen LogP contribution is 2.30. The van der Waals surface area contributed by atoms with Gasteiger partial charge >= 0.3 is 6.03 Å². The Labute approximate surface area is 144 Å². The predicted octanol–water partition coefficient (Wildman–Crippen LogP) is 4.38. The zero-order valence-electron chi connectivity index (χ0n) is 13.5. The van der Waals surface area contributed by atoms with Gasteiger partial charge in [-0.3, -0.25) is 0 Å². The number of methoxy groups -OCH3 is 2. The summed E-state index contributed by atoms with van der Waals surface area (Å²) in [5, 5.41) is 5.44. The Bertz CT molecular complexity index is 740. The molecule has 2 amide bonds. The van der Waals surface area contributed by atoms with Gasteiger partial charge < -0.3 is 20.1 Å². The summed E-state index contributed by atoms with van der Waals surface area (Å²) in [6, 6.07) is 8.52. The molecule has 2 rings (SSSR count). The third kappa shape index (κ3) is 4.29. The van der Waals surface area contributed by atoms with Gasteiger partial charge in [-0.25, -0.2) is 9.18 Å². The first kappa shape index (κ1) is 17.9. The average molecular weight is 353 g/mol. The summed E-state index contributed by atoms with van der Waals surface area (Å²) in [5.41, 5.74) is 0.871. The minimum Gasteiger partial charge on any atom is -0.493 e. The summed E-state index contributed by atoms with van der Waals surface area (Å²) < 4.78 is 24.1. The monoisotopic (exact) mass is 352 g/mol. The zero-order valence-corrected chi connectivity index (χ0v) is 14.3. The molecule has 2 aromatic carbocycles. The Morgan fingerprint density at radius 3 is 2.46 bits per heavy atom. The van der Waals surface area contributed by atoms with Crippen LogP contribution in [0.2, 0.25) is 5.02 Å². The third-order valence-corrected chi connectivity index (χ3v) is 3.67. The Morgan fingerprint density at radius 1 is 1.12 bits per heavy atom. The molecular formula is C17H18ClFN2O3. The summed E-state index contributed by atoms with van der Waals surface area (Å²) in [7, 11) is 3.09. The van der Waals surface area contributed by atoms with Crippen molar-refractivity contribution in [2.24, 2.45) is 0 Å². The van der Waals surface area contributed by atoms with Crippen molar-refractivity contribution in [1.82, 2.24) is 5.32 Å². The Morgan fingerprint density at radius 2 is 1.83 bits per heavy atom. The number of nitrogens with one attached hydrogen (secondary N) is 2. The van der Waals surface area contributed by atoms with E-state index in [4.69, 9.17) is 21.1 Å². The van der Waals surface area contributed by atoms with Gasteiger partial charge in [-0.05, 0) is 42.8 Å². The Balaban J connectivity index is 2.06. The lowest BCUT2D eigenvalue weighted by molar-refractivity contribution is 0.249. The summed E-state index contributed by atoms with van der Waals surface area (Å²) in [6.07, 6.45) is 0. The molecule has 0 saturated heterocycles. The number of hydrogen-bond donors (Lipinski definition) is 2. The molecular weight excluding hydrogens is 335 g/mol. The van der Waals surface area contributed by atoms with Gasteiger partial charge in [0.2, 0.25) is 0 Å². The molecule has 1 atom stereocenters. The number of halogens is 2. The molecule has 5 nitrogen and oxygen atoms in total. The van der Waals surface area contributed by atoms with E-state index >= 15 is 0 Å². The number of urea groups is 1. The molecule has 0 radical (unpaired) electrons. The van der Waals surface area contributed by atoms with Crippen LogP contribution in [0, 0.1) is 5.82 Å². The normalized spacial score (nSPS) is 11.5. The van der Waals surface area contributed by atoms with E-state index in [1.807, 2.05) is 6.07 Å². The van der Waals surface area contributed by atoms with Crippen LogP contribution in [0.25, 0.3) is 0 Å². The maximum absolute atomic E-state index is 13.7. The van der Waals surface area contributed by atoms with Gasteiger partial charge in [-0.15, -0.1) is 0 Å². The lowest BCUT2D eigenvalue weighted by Crippen LogP contribution is -2.31.